The molecule has 42 heavy (non-hydrogen) atoms. The van der Waals surface area contributed by atoms with Crippen molar-refractivity contribution in [1.29, 1.82) is 0 Å². The summed E-state index contributed by atoms with van der Waals surface area (Å²) in [6.45, 7) is 3.41. The van der Waals surface area contributed by atoms with Crippen LogP contribution in [0.15, 0.2) is 83.8 Å². The maximum absolute atomic E-state index is 14.2. The number of carbonyl (C=O) groups excluding carboxylic acids is 2. The molecule has 0 bridgehead atoms. The molecule has 1 saturated carbocycles. The number of carbonyl (C=O) groups is 2. The third-order valence-electron chi connectivity index (χ3n) is 7.94. The van der Waals surface area contributed by atoms with E-state index in [4.69, 9.17) is 11.6 Å². The van der Waals surface area contributed by atoms with Gasteiger partial charge in [-0.15, -0.1) is 0 Å². The van der Waals surface area contributed by atoms with Crippen LogP contribution in [-0.4, -0.2) is 50.3 Å². The van der Waals surface area contributed by atoms with E-state index in [1.165, 1.54) is 18.6 Å². The molecule has 1 aliphatic carbocycles. The van der Waals surface area contributed by atoms with Gasteiger partial charge in [0.05, 0.1) is 10.6 Å². The molecule has 1 aliphatic rings. The number of benzene rings is 3. The van der Waals surface area contributed by atoms with Gasteiger partial charge >= 0.3 is 0 Å². The minimum Gasteiger partial charge on any atom is -0.352 e. The second-order valence-electron chi connectivity index (χ2n) is 10.8. The lowest BCUT2D eigenvalue weighted by molar-refractivity contribution is -0.140. The first-order valence-corrected chi connectivity index (χ1v) is 16.5. The number of rotatable bonds is 12. The number of amides is 2. The molecule has 0 radical (unpaired) electrons. The monoisotopic (exact) mass is 609 g/mol. The first-order valence-electron chi connectivity index (χ1n) is 14.7. The van der Waals surface area contributed by atoms with Gasteiger partial charge in [0.1, 0.15) is 12.6 Å². The van der Waals surface area contributed by atoms with E-state index in [9.17, 15) is 18.0 Å². The van der Waals surface area contributed by atoms with Crippen LogP contribution in [0.5, 0.6) is 0 Å². The first-order chi connectivity index (χ1) is 20.2. The number of halogens is 1. The smallest absolute Gasteiger partial charge is 0.264 e. The summed E-state index contributed by atoms with van der Waals surface area (Å²) in [5.41, 5.74) is 1.89. The fourth-order valence-corrected chi connectivity index (χ4v) is 7.20. The summed E-state index contributed by atoms with van der Waals surface area (Å²) in [6.07, 6.45) is 6.10. The number of hydrogen-bond acceptors (Lipinski definition) is 4. The van der Waals surface area contributed by atoms with E-state index in [1.54, 1.807) is 48.2 Å². The van der Waals surface area contributed by atoms with Crippen molar-refractivity contribution in [1.82, 2.24) is 10.2 Å². The minimum atomic E-state index is -4.14. The van der Waals surface area contributed by atoms with E-state index in [1.807, 2.05) is 37.3 Å². The van der Waals surface area contributed by atoms with Crippen molar-refractivity contribution in [3.63, 3.8) is 0 Å². The lowest BCUT2D eigenvalue weighted by atomic mass is 9.95. The van der Waals surface area contributed by atoms with E-state index in [0.717, 1.165) is 35.6 Å². The van der Waals surface area contributed by atoms with Gasteiger partial charge in [-0.05, 0) is 68.0 Å². The van der Waals surface area contributed by atoms with Gasteiger partial charge in [-0.1, -0.05) is 92.4 Å². The average molecular weight is 610 g/mol. The van der Waals surface area contributed by atoms with Crippen LogP contribution in [0.4, 0.5) is 5.69 Å². The molecule has 1 fully saturated rings. The Balaban J connectivity index is 1.69. The highest BCUT2D eigenvalue weighted by Gasteiger charge is 2.34. The number of nitrogens with zero attached hydrogens (tertiary/aromatic N) is 2. The van der Waals surface area contributed by atoms with E-state index in [0.29, 0.717) is 29.1 Å². The van der Waals surface area contributed by atoms with Crippen LogP contribution >= 0.6 is 11.6 Å². The van der Waals surface area contributed by atoms with Crippen LogP contribution in [0.2, 0.25) is 5.02 Å². The lowest BCUT2D eigenvalue weighted by Gasteiger charge is -2.34. The first kappa shape index (κ1) is 31.6. The predicted molar refractivity (Wildman–Crippen MR) is 168 cm³/mol. The molecule has 1 N–H and O–H groups in total. The normalized spacial score (nSPS) is 14.6. The number of sulfonamides is 1. The molecule has 3 aromatic carbocycles. The predicted octanol–water partition coefficient (Wildman–Crippen LogP) is 6.14. The van der Waals surface area contributed by atoms with Gasteiger partial charge in [-0.25, -0.2) is 8.42 Å². The van der Waals surface area contributed by atoms with Crippen molar-refractivity contribution in [2.24, 2.45) is 0 Å². The molecule has 0 heterocycles. The Morgan fingerprint density at radius 2 is 1.57 bits per heavy atom. The third-order valence-corrected chi connectivity index (χ3v) is 10.1. The maximum atomic E-state index is 14.2. The molecule has 4 rings (SSSR count). The summed E-state index contributed by atoms with van der Waals surface area (Å²) in [6, 6.07) is 22.2. The molecule has 0 aliphatic heterocycles. The summed E-state index contributed by atoms with van der Waals surface area (Å²) in [4.78, 5) is 29.5. The number of anilines is 1. The molecule has 0 aromatic heterocycles. The Morgan fingerprint density at radius 3 is 2.21 bits per heavy atom. The summed E-state index contributed by atoms with van der Waals surface area (Å²) in [7, 11) is -4.14. The van der Waals surface area contributed by atoms with Gasteiger partial charge in [-0.2, -0.15) is 0 Å². The highest BCUT2D eigenvalue weighted by Crippen LogP contribution is 2.31. The molecule has 0 saturated heterocycles. The van der Waals surface area contributed by atoms with Crippen LogP contribution in [0, 0.1) is 6.92 Å². The highest BCUT2D eigenvalue weighted by atomic mass is 35.5. The van der Waals surface area contributed by atoms with Gasteiger partial charge < -0.3 is 10.2 Å². The zero-order chi connectivity index (χ0) is 30.1. The fourth-order valence-electron chi connectivity index (χ4n) is 5.54. The van der Waals surface area contributed by atoms with Crippen LogP contribution in [-0.2, 0) is 26.0 Å². The van der Waals surface area contributed by atoms with Crippen molar-refractivity contribution >= 4 is 39.1 Å². The summed E-state index contributed by atoms with van der Waals surface area (Å²) < 4.78 is 29.1. The molecule has 3 aromatic rings. The van der Waals surface area contributed by atoms with Crippen LogP contribution < -0.4 is 9.62 Å². The summed E-state index contributed by atoms with van der Waals surface area (Å²) in [5, 5.41) is 3.57. The van der Waals surface area contributed by atoms with E-state index in [2.05, 4.69) is 5.32 Å². The van der Waals surface area contributed by atoms with Crippen molar-refractivity contribution < 1.29 is 18.0 Å². The van der Waals surface area contributed by atoms with E-state index in [-0.39, 0.29) is 23.4 Å². The standard InChI is InChI=1S/C33H40ClN3O4S/c1-3-30(33(39)35-27-16-9-5-10-17-27)36(23-22-26-14-7-4-8-15-26)32(38)24-37(31-21-13-20-29(34)25(31)2)42(40,41)28-18-11-6-12-19-28/h4,6-8,11-15,18-21,27,30H,3,5,9-10,16-17,22-24H2,1-2H3,(H,35,39)/t30-/m0/s1. The van der Waals surface area contributed by atoms with Crippen LogP contribution in [0.1, 0.15) is 56.6 Å². The number of nitrogens with one attached hydrogen (secondary N) is 1. The molecule has 0 spiro atoms. The molecular weight excluding hydrogens is 570 g/mol. The fraction of sp³-hybridized carbons (Fsp3) is 0.394. The Kier molecular flexibility index (Phi) is 11.0. The summed E-state index contributed by atoms with van der Waals surface area (Å²) in [5.74, 6) is -0.641. The van der Waals surface area contributed by atoms with Gasteiger partial charge in [0.25, 0.3) is 10.0 Å². The molecule has 224 valence electrons. The zero-order valence-electron chi connectivity index (χ0n) is 24.3. The topological polar surface area (TPSA) is 86.8 Å². The van der Waals surface area contributed by atoms with Crippen LogP contribution in [0.3, 0.4) is 0 Å². The highest BCUT2D eigenvalue weighted by molar-refractivity contribution is 7.92. The second kappa shape index (κ2) is 14.7. The third kappa shape index (κ3) is 7.72. The SMILES string of the molecule is CC[C@@H](C(=O)NC1CCCCC1)N(CCc1ccccc1)C(=O)CN(c1cccc(Cl)c1C)S(=O)(=O)c1ccccc1. The Labute approximate surface area is 254 Å². The average Bonchev–Trinajstić information content (AvgIpc) is 3.00. The van der Waals surface area contributed by atoms with Crippen molar-refractivity contribution in [3.8, 4) is 0 Å². The van der Waals surface area contributed by atoms with Crippen molar-refractivity contribution in [2.75, 3.05) is 17.4 Å². The lowest BCUT2D eigenvalue weighted by Crippen LogP contribution is -2.54. The molecule has 7 nitrogen and oxygen atoms in total. The Morgan fingerprint density at radius 1 is 0.929 bits per heavy atom. The Bertz CT molecular complexity index is 1440. The molecule has 0 unspecified atom stereocenters. The van der Waals surface area contributed by atoms with Gasteiger partial charge in [0.2, 0.25) is 11.8 Å². The largest absolute Gasteiger partial charge is 0.352 e. The quantitative estimate of drug-likeness (QED) is 0.267. The second-order valence-corrected chi connectivity index (χ2v) is 13.1. The minimum absolute atomic E-state index is 0.0649. The van der Waals surface area contributed by atoms with E-state index < -0.39 is 28.5 Å². The summed E-state index contributed by atoms with van der Waals surface area (Å²) >= 11 is 6.41. The Hall–Kier alpha value is -3.36. The molecule has 9 heteroatoms. The van der Waals surface area contributed by atoms with Crippen molar-refractivity contribution in [3.05, 3.63) is 95.0 Å². The molecule has 2 amide bonds. The van der Waals surface area contributed by atoms with Gasteiger partial charge in [0, 0.05) is 17.6 Å². The van der Waals surface area contributed by atoms with Crippen LogP contribution in [0.25, 0.3) is 0 Å². The molecular formula is C33H40ClN3O4S. The van der Waals surface area contributed by atoms with Gasteiger partial charge in [-0.3, -0.25) is 13.9 Å². The maximum Gasteiger partial charge on any atom is 0.264 e. The number of hydrogen-bond donors (Lipinski definition) is 1. The van der Waals surface area contributed by atoms with Gasteiger partial charge in [0.15, 0.2) is 0 Å². The molecule has 1 atom stereocenters. The zero-order valence-corrected chi connectivity index (χ0v) is 25.9. The van der Waals surface area contributed by atoms with E-state index >= 15 is 0 Å². The van der Waals surface area contributed by atoms with Crippen molar-refractivity contribution in [2.45, 2.75) is 75.8 Å².